The molecule has 0 radical (unpaired) electrons. The van der Waals surface area contributed by atoms with E-state index in [1.165, 1.54) is 38.5 Å². The van der Waals surface area contributed by atoms with Crippen LogP contribution >= 0.6 is 0 Å². The van der Waals surface area contributed by atoms with Crippen LogP contribution in [0.3, 0.4) is 0 Å². The van der Waals surface area contributed by atoms with Gasteiger partial charge in [0.15, 0.2) is 19.7 Å². The summed E-state index contributed by atoms with van der Waals surface area (Å²) in [6.45, 7) is 7.94. The molecule has 12 heteroatoms. The lowest BCUT2D eigenvalue weighted by Gasteiger charge is -2.39. The molecule has 316 valence electrons. The van der Waals surface area contributed by atoms with Crippen molar-refractivity contribution in [1.29, 1.82) is 0 Å². The molecule has 2 aliphatic heterocycles. The van der Waals surface area contributed by atoms with Gasteiger partial charge in [0.1, 0.15) is 23.1 Å². The van der Waals surface area contributed by atoms with Crippen LogP contribution in [0.2, 0.25) is 0 Å². The van der Waals surface area contributed by atoms with E-state index in [1.54, 1.807) is 60.7 Å². The lowest BCUT2D eigenvalue weighted by atomic mass is 9.69. The van der Waals surface area contributed by atoms with E-state index in [0.29, 0.717) is 59.4 Å². The lowest BCUT2D eigenvalue weighted by molar-refractivity contribution is 0.0172. The Morgan fingerprint density at radius 1 is 0.603 bits per heavy atom. The Morgan fingerprint density at radius 3 is 1.29 bits per heavy atom. The fourth-order valence-corrected chi connectivity index (χ4v) is 13.6. The summed E-state index contributed by atoms with van der Waals surface area (Å²) in [5.74, 6) is -1.39. The van der Waals surface area contributed by atoms with E-state index >= 15 is 0 Å². The van der Waals surface area contributed by atoms with Crippen LogP contribution in [0.25, 0.3) is 0 Å². The Morgan fingerprint density at radius 2 is 0.983 bits per heavy atom. The fraction of sp³-hybridized carbons (Fsp3) is 0.478. The molecular weight excluding hydrogens is 783 g/mol. The van der Waals surface area contributed by atoms with Crippen LogP contribution in [0.5, 0.6) is 11.5 Å². The van der Waals surface area contributed by atoms with Crippen LogP contribution in [0.1, 0.15) is 113 Å². The molecule has 0 saturated heterocycles. The zero-order chi connectivity index (χ0) is 42.5. The Kier molecular flexibility index (Phi) is 14.5. The van der Waals surface area contributed by atoms with Gasteiger partial charge in [0, 0.05) is 22.7 Å². The van der Waals surface area contributed by atoms with E-state index in [9.17, 15) is 35.8 Å². The van der Waals surface area contributed by atoms with Gasteiger partial charge in [-0.2, -0.15) is 0 Å². The largest absolute Gasteiger partial charge is 0.497 e. The summed E-state index contributed by atoms with van der Waals surface area (Å²) in [6, 6.07) is 21.8. The van der Waals surface area contributed by atoms with Crippen LogP contribution in [-0.4, -0.2) is 65.0 Å². The molecule has 0 fully saturated rings. The first-order valence-electron chi connectivity index (χ1n) is 20.2. The molecule has 0 saturated carbocycles. The summed E-state index contributed by atoms with van der Waals surface area (Å²) in [4.78, 5) is 0.386. The predicted molar refractivity (Wildman–Crippen MR) is 223 cm³/mol. The number of fused-ring (bicyclic) bond motifs is 2. The van der Waals surface area contributed by atoms with Gasteiger partial charge in [-0.25, -0.2) is 25.6 Å². The summed E-state index contributed by atoms with van der Waals surface area (Å²) in [5.41, 5.74) is 0.455. The molecule has 2 N–H and O–H groups in total. The van der Waals surface area contributed by atoms with Crippen molar-refractivity contribution in [2.24, 2.45) is 10.8 Å². The van der Waals surface area contributed by atoms with Crippen molar-refractivity contribution in [2.45, 2.75) is 113 Å². The highest BCUT2D eigenvalue weighted by Gasteiger charge is 2.50. The van der Waals surface area contributed by atoms with E-state index in [2.05, 4.69) is 0 Å². The summed E-state index contributed by atoms with van der Waals surface area (Å²) in [6.07, 6.45) is 3.72. The zero-order valence-corrected chi connectivity index (χ0v) is 36.0. The minimum Gasteiger partial charge on any atom is -0.497 e. The van der Waals surface area contributed by atoms with Gasteiger partial charge in [-0.3, -0.25) is 0 Å². The molecule has 0 amide bonds. The average molecular weight is 841 g/mol. The van der Waals surface area contributed by atoms with Crippen molar-refractivity contribution in [3.05, 3.63) is 119 Å². The van der Waals surface area contributed by atoms with Gasteiger partial charge in [-0.15, -0.1) is 0 Å². The fourth-order valence-electron chi connectivity index (χ4n) is 9.09. The van der Waals surface area contributed by atoms with Crippen molar-refractivity contribution in [3.8, 4) is 11.5 Å². The third kappa shape index (κ3) is 9.15. The number of aliphatic hydroxyl groups excluding tert-OH is 2. The zero-order valence-electron chi connectivity index (χ0n) is 34.4. The summed E-state index contributed by atoms with van der Waals surface area (Å²) < 4.78 is 92.4. The number of sulfone groups is 2. The molecule has 8 nitrogen and oxygen atoms in total. The molecule has 2 heterocycles. The number of unbranched alkanes of at least 4 members (excludes halogenated alkanes) is 2. The Bertz CT molecular complexity index is 2100. The number of halogens is 2. The molecule has 2 unspecified atom stereocenters. The first-order valence-corrected chi connectivity index (χ1v) is 23.5. The third-order valence-electron chi connectivity index (χ3n) is 12.5. The Balaban J connectivity index is 0.000000221. The van der Waals surface area contributed by atoms with Crippen LogP contribution in [-0.2, 0) is 19.7 Å². The number of ether oxygens (including phenoxy) is 2. The highest BCUT2D eigenvalue weighted by Crippen LogP contribution is 2.51. The van der Waals surface area contributed by atoms with Crippen molar-refractivity contribution in [3.63, 3.8) is 0 Å². The highest BCUT2D eigenvalue weighted by atomic mass is 32.2. The Labute approximate surface area is 343 Å². The second-order valence-corrected chi connectivity index (χ2v) is 19.8. The second kappa shape index (κ2) is 18.6. The summed E-state index contributed by atoms with van der Waals surface area (Å²) >= 11 is 0. The quantitative estimate of drug-likeness (QED) is 0.145. The molecule has 2 aliphatic rings. The molecular formula is C46H58F2O8S2. The maximum absolute atomic E-state index is 14.1. The standard InChI is InChI=1S/2C23H29FO4S/c2*1-4-6-12-23(5-2)15-29(26,27)20-11-10-18(28-3)14-19(20)21(22(23)25)16-8-7-9-17(24)13-16/h2*7-11,13-14,21-22,25H,4-6,12,15H2,1-3H3/t21-,22?,23+;21-,22?,23-/m01/s1. The number of benzene rings is 4. The normalized spacial score (nSPS) is 25.8. The molecule has 6 rings (SSSR count). The molecule has 0 aromatic heterocycles. The molecule has 0 bridgehead atoms. The van der Waals surface area contributed by atoms with Crippen molar-refractivity contribution in [2.75, 3.05) is 25.7 Å². The van der Waals surface area contributed by atoms with E-state index in [4.69, 9.17) is 9.47 Å². The monoisotopic (exact) mass is 840 g/mol. The first-order chi connectivity index (χ1) is 27.6. The summed E-state index contributed by atoms with van der Waals surface area (Å²) in [7, 11) is -4.27. The lowest BCUT2D eigenvalue weighted by Crippen LogP contribution is -2.42. The van der Waals surface area contributed by atoms with E-state index in [-0.39, 0.29) is 21.3 Å². The topological polar surface area (TPSA) is 127 Å². The number of methoxy groups -OCH3 is 2. The van der Waals surface area contributed by atoms with Gasteiger partial charge in [-0.1, -0.05) is 77.6 Å². The van der Waals surface area contributed by atoms with Crippen LogP contribution < -0.4 is 9.47 Å². The smallest absolute Gasteiger partial charge is 0.179 e. The minimum absolute atomic E-state index is 0.122. The van der Waals surface area contributed by atoms with Crippen molar-refractivity contribution < 1.29 is 45.3 Å². The van der Waals surface area contributed by atoms with Gasteiger partial charge in [0.2, 0.25) is 0 Å². The number of hydrogen-bond acceptors (Lipinski definition) is 8. The molecule has 58 heavy (non-hydrogen) atoms. The molecule has 6 atom stereocenters. The molecule has 0 aliphatic carbocycles. The first kappa shape index (κ1) is 45.2. The SMILES string of the molecule is CCCC[C@]1(CC)CS(=O)(=O)c2ccc(OC)cc2[C@@H](c2cccc(F)c2)C1O.CCCC[C@]1(CC)CS(=O)(=O)c2ccc(OC)cc2[C@H](c2cccc(F)c2)C1O. The second-order valence-electron chi connectivity index (χ2n) is 15.9. The number of hydrogen-bond donors (Lipinski definition) is 2. The van der Waals surface area contributed by atoms with Gasteiger partial charge in [-0.05, 0) is 109 Å². The molecule has 4 aromatic rings. The van der Waals surface area contributed by atoms with Gasteiger partial charge in [0.25, 0.3) is 0 Å². The van der Waals surface area contributed by atoms with Gasteiger partial charge >= 0.3 is 0 Å². The minimum atomic E-state index is -3.65. The Hall–Kier alpha value is -3.84. The van der Waals surface area contributed by atoms with Crippen LogP contribution in [0.4, 0.5) is 8.78 Å². The van der Waals surface area contributed by atoms with Crippen LogP contribution in [0, 0.1) is 22.5 Å². The number of aliphatic hydroxyl groups is 2. The third-order valence-corrected chi connectivity index (χ3v) is 16.5. The summed E-state index contributed by atoms with van der Waals surface area (Å²) in [5, 5.41) is 23.3. The predicted octanol–water partition coefficient (Wildman–Crippen LogP) is 9.40. The molecule has 4 aromatic carbocycles. The maximum atomic E-state index is 14.1. The van der Waals surface area contributed by atoms with Gasteiger partial charge < -0.3 is 19.7 Å². The highest BCUT2D eigenvalue weighted by molar-refractivity contribution is 7.91. The van der Waals surface area contributed by atoms with Crippen molar-refractivity contribution in [1.82, 2.24) is 0 Å². The average Bonchev–Trinajstić information content (AvgIpc) is 3.33. The maximum Gasteiger partial charge on any atom is 0.179 e. The van der Waals surface area contributed by atoms with E-state index in [1.807, 2.05) is 27.7 Å². The van der Waals surface area contributed by atoms with Gasteiger partial charge in [0.05, 0.1) is 47.7 Å². The van der Waals surface area contributed by atoms with Crippen LogP contribution in [0.15, 0.2) is 94.7 Å². The number of rotatable bonds is 12. The van der Waals surface area contributed by atoms with E-state index in [0.717, 1.165) is 25.7 Å². The van der Waals surface area contributed by atoms with E-state index < -0.39 is 66.2 Å². The van der Waals surface area contributed by atoms with Crippen molar-refractivity contribution >= 4 is 19.7 Å². The molecule has 0 spiro atoms.